The molecule has 2 bridgehead atoms. The number of aliphatic hydroxyl groups excluding tert-OH is 1. The third kappa shape index (κ3) is 1.34. The van der Waals surface area contributed by atoms with Crippen LogP contribution in [0.4, 0.5) is 0 Å². The third-order valence-corrected chi connectivity index (χ3v) is 3.19. The van der Waals surface area contributed by atoms with Crippen molar-refractivity contribution >= 4 is 5.97 Å². The minimum atomic E-state index is -0.927. The van der Waals surface area contributed by atoms with Crippen molar-refractivity contribution in [2.75, 3.05) is 6.61 Å². The number of aliphatic hydroxyl groups is 1. The molecule has 2 aliphatic heterocycles. The van der Waals surface area contributed by atoms with Crippen LogP contribution in [0, 0.1) is 5.41 Å². The molecule has 4 heteroatoms. The summed E-state index contributed by atoms with van der Waals surface area (Å²) >= 11 is 0. The van der Waals surface area contributed by atoms with Crippen LogP contribution in [0.25, 0.3) is 0 Å². The second kappa shape index (κ2) is 2.96. The van der Waals surface area contributed by atoms with Gasteiger partial charge in [-0.2, -0.15) is 0 Å². The fraction of sp³-hybridized carbons (Fsp3) is 0.889. The van der Waals surface area contributed by atoms with Crippen molar-refractivity contribution in [3.8, 4) is 0 Å². The van der Waals surface area contributed by atoms with Gasteiger partial charge in [-0.15, -0.1) is 0 Å². The molecule has 0 aromatic rings. The standard InChI is InChI=1S/C9H14O4/c10-5-9(8(11)12)3-6-1-2-7(4-9)13-6/h6-7,10H,1-5H2,(H,11,12)/t6-,7+,9?. The van der Waals surface area contributed by atoms with Crippen molar-refractivity contribution in [1.82, 2.24) is 0 Å². The number of ether oxygens (including phenoxy) is 1. The molecule has 13 heavy (non-hydrogen) atoms. The monoisotopic (exact) mass is 186 g/mol. The fourth-order valence-corrected chi connectivity index (χ4v) is 2.41. The van der Waals surface area contributed by atoms with Crippen molar-refractivity contribution in [3.05, 3.63) is 0 Å². The van der Waals surface area contributed by atoms with Gasteiger partial charge in [0.1, 0.15) is 0 Å². The van der Waals surface area contributed by atoms with Gasteiger partial charge in [-0.1, -0.05) is 0 Å². The molecule has 1 unspecified atom stereocenters. The van der Waals surface area contributed by atoms with Crippen molar-refractivity contribution in [1.29, 1.82) is 0 Å². The molecule has 0 saturated carbocycles. The van der Waals surface area contributed by atoms with Gasteiger partial charge < -0.3 is 14.9 Å². The average molecular weight is 186 g/mol. The maximum atomic E-state index is 11.0. The zero-order chi connectivity index (χ0) is 9.47. The van der Waals surface area contributed by atoms with Gasteiger partial charge in [-0.25, -0.2) is 0 Å². The Hall–Kier alpha value is -0.610. The van der Waals surface area contributed by atoms with Crippen LogP contribution in [0.5, 0.6) is 0 Å². The van der Waals surface area contributed by atoms with Crippen LogP contribution in [0.2, 0.25) is 0 Å². The van der Waals surface area contributed by atoms with E-state index in [0.29, 0.717) is 12.8 Å². The minimum absolute atomic E-state index is 0.0574. The Bertz CT molecular complexity index is 214. The van der Waals surface area contributed by atoms with E-state index < -0.39 is 11.4 Å². The highest BCUT2D eigenvalue weighted by molar-refractivity contribution is 5.75. The topological polar surface area (TPSA) is 66.8 Å². The predicted molar refractivity (Wildman–Crippen MR) is 44.3 cm³/mol. The van der Waals surface area contributed by atoms with Gasteiger partial charge in [0.25, 0.3) is 0 Å². The zero-order valence-corrected chi connectivity index (χ0v) is 7.40. The van der Waals surface area contributed by atoms with Crippen LogP contribution in [0.1, 0.15) is 25.7 Å². The van der Waals surface area contributed by atoms with Crippen molar-refractivity contribution in [2.24, 2.45) is 5.41 Å². The highest BCUT2D eigenvalue weighted by Crippen LogP contribution is 2.43. The Morgan fingerprint density at radius 1 is 1.38 bits per heavy atom. The summed E-state index contributed by atoms with van der Waals surface area (Å²) in [6.45, 7) is -0.265. The van der Waals surface area contributed by atoms with Crippen molar-refractivity contribution < 1.29 is 19.7 Å². The van der Waals surface area contributed by atoms with Gasteiger partial charge in [0.15, 0.2) is 0 Å². The number of carbonyl (C=O) groups is 1. The molecule has 74 valence electrons. The highest BCUT2D eigenvalue weighted by Gasteiger charge is 2.49. The summed E-state index contributed by atoms with van der Waals surface area (Å²) in [7, 11) is 0. The van der Waals surface area contributed by atoms with Crippen LogP contribution in [-0.4, -0.2) is 35.0 Å². The molecule has 2 N–H and O–H groups in total. The van der Waals surface area contributed by atoms with Crippen LogP contribution in [-0.2, 0) is 9.53 Å². The molecule has 0 aromatic carbocycles. The SMILES string of the molecule is O=C(O)C1(CO)C[C@H]2CC[C@@H](C1)O2. The number of carboxylic acid groups (broad SMARTS) is 1. The maximum absolute atomic E-state index is 11.0. The van der Waals surface area contributed by atoms with E-state index in [1.807, 2.05) is 0 Å². The molecule has 2 aliphatic rings. The first-order chi connectivity index (χ1) is 6.16. The summed E-state index contributed by atoms with van der Waals surface area (Å²) in [6.07, 6.45) is 2.94. The van der Waals surface area contributed by atoms with Crippen molar-refractivity contribution in [2.45, 2.75) is 37.9 Å². The van der Waals surface area contributed by atoms with E-state index in [1.54, 1.807) is 0 Å². The lowest BCUT2D eigenvalue weighted by Gasteiger charge is -2.35. The van der Waals surface area contributed by atoms with Crippen LogP contribution < -0.4 is 0 Å². The number of hydrogen-bond acceptors (Lipinski definition) is 3. The van der Waals surface area contributed by atoms with Crippen LogP contribution in [0.15, 0.2) is 0 Å². The summed E-state index contributed by atoms with van der Waals surface area (Å²) in [4.78, 5) is 11.0. The Morgan fingerprint density at radius 2 is 1.92 bits per heavy atom. The third-order valence-electron chi connectivity index (χ3n) is 3.19. The van der Waals surface area contributed by atoms with Gasteiger partial charge >= 0.3 is 5.97 Å². The van der Waals surface area contributed by atoms with E-state index in [9.17, 15) is 4.79 Å². The molecular weight excluding hydrogens is 172 g/mol. The number of hydrogen-bond donors (Lipinski definition) is 2. The smallest absolute Gasteiger partial charge is 0.312 e. The lowest BCUT2D eigenvalue weighted by Crippen LogP contribution is -2.44. The lowest BCUT2D eigenvalue weighted by molar-refractivity contribution is -0.164. The van der Waals surface area contributed by atoms with E-state index in [1.165, 1.54) is 0 Å². The maximum Gasteiger partial charge on any atom is 0.312 e. The van der Waals surface area contributed by atoms with Crippen LogP contribution >= 0.6 is 0 Å². The molecule has 0 aromatic heterocycles. The van der Waals surface area contributed by atoms with Gasteiger partial charge in [-0.05, 0) is 25.7 Å². The largest absolute Gasteiger partial charge is 0.481 e. The lowest BCUT2D eigenvalue weighted by atomic mass is 9.78. The molecule has 2 fully saturated rings. The van der Waals surface area contributed by atoms with E-state index in [0.717, 1.165) is 12.8 Å². The number of fused-ring (bicyclic) bond motifs is 2. The van der Waals surface area contributed by atoms with E-state index in [2.05, 4.69) is 0 Å². The molecule has 0 aliphatic carbocycles. The van der Waals surface area contributed by atoms with Crippen molar-refractivity contribution in [3.63, 3.8) is 0 Å². The minimum Gasteiger partial charge on any atom is -0.481 e. The second-order valence-corrected chi connectivity index (χ2v) is 4.11. The molecule has 2 saturated heterocycles. The quantitative estimate of drug-likeness (QED) is 0.654. The Labute approximate surface area is 76.5 Å². The average Bonchev–Trinajstić information content (AvgIpc) is 2.45. The van der Waals surface area contributed by atoms with Gasteiger partial charge in [0.2, 0.25) is 0 Å². The molecule has 0 spiro atoms. The molecule has 3 atom stereocenters. The molecular formula is C9H14O4. The summed E-state index contributed by atoms with van der Waals surface area (Å²) in [5.41, 5.74) is -0.927. The first-order valence-corrected chi connectivity index (χ1v) is 4.66. The molecule has 4 nitrogen and oxygen atoms in total. The van der Waals surface area contributed by atoms with E-state index in [-0.39, 0.29) is 18.8 Å². The second-order valence-electron chi connectivity index (χ2n) is 4.11. The number of carboxylic acids is 1. The van der Waals surface area contributed by atoms with E-state index >= 15 is 0 Å². The first-order valence-electron chi connectivity index (χ1n) is 4.66. The summed E-state index contributed by atoms with van der Waals surface area (Å²) in [5.74, 6) is -0.879. The highest BCUT2D eigenvalue weighted by atomic mass is 16.5. The van der Waals surface area contributed by atoms with Gasteiger partial charge in [0.05, 0.1) is 24.2 Å². The first kappa shape index (κ1) is 8.97. The Balaban J connectivity index is 2.18. The molecule has 0 amide bonds. The Morgan fingerprint density at radius 3 is 2.31 bits per heavy atom. The number of aliphatic carboxylic acids is 1. The summed E-state index contributed by atoms with van der Waals surface area (Å²) in [6, 6.07) is 0. The molecule has 2 rings (SSSR count). The summed E-state index contributed by atoms with van der Waals surface area (Å²) < 4.78 is 5.53. The number of rotatable bonds is 2. The molecule has 0 radical (unpaired) electrons. The predicted octanol–water partition coefficient (Wildman–Crippen LogP) is 0.391. The normalized spacial score (nSPS) is 43.5. The van der Waals surface area contributed by atoms with E-state index in [4.69, 9.17) is 14.9 Å². The molecule has 2 heterocycles. The fourth-order valence-electron chi connectivity index (χ4n) is 2.41. The van der Waals surface area contributed by atoms with Crippen LogP contribution in [0.3, 0.4) is 0 Å². The zero-order valence-electron chi connectivity index (χ0n) is 7.40. The van der Waals surface area contributed by atoms with Gasteiger partial charge in [-0.3, -0.25) is 4.79 Å². The summed E-state index contributed by atoms with van der Waals surface area (Å²) in [5, 5.41) is 18.2. The van der Waals surface area contributed by atoms with Gasteiger partial charge in [0, 0.05) is 0 Å². The Kier molecular flexibility index (Phi) is 2.04.